The largest absolute Gasteiger partial charge is 0.493 e. The topological polar surface area (TPSA) is 78.2 Å². The number of benzene rings is 3. The summed E-state index contributed by atoms with van der Waals surface area (Å²) >= 11 is 0. The zero-order chi connectivity index (χ0) is 24.5. The number of methoxy groups -OCH3 is 3. The third-order valence-corrected chi connectivity index (χ3v) is 6.36. The number of fused-ring (bicyclic) bond motifs is 2. The maximum atomic E-state index is 13.7. The molecule has 0 saturated heterocycles. The molecule has 1 aromatic heterocycles. The summed E-state index contributed by atoms with van der Waals surface area (Å²) in [6, 6.07) is 19.8. The second kappa shape index (κ2) is 9.18. The fourth-order valence-electron chi connectivity index (χ4n) is 4.70. The van der Waals surface area contributed by atoms with Crippen molar-refractivity contribution < 1.29 is 23.4 Å². The molecule has 5 rings (SSSR count). The lowest BCUT2D eigenvalue weighted by atomic mass is 9.97. The maximum absolute atomic E-state index is 13.7. The zero-order valence-electron chi connectivity index (χ0n) is 19.7. The number of ether oxygens (including phenoxy) is 3. The Labute approximate surface area is 202 Å². The van der Waals surface area contributed by atoms with Gasteiger partial charge in [0, 0.05) is 6.54 Å². The Morgan fingerprint density at radius 1 is 0.857 bits per heavy atom. The van der Waals surface area contributed by atoms with Gasteiger partial charge in [-0.05, 0) is 41.8 Å². The Morgan fingerprint density at radius 3 is 2.17 bits per heavy atom. The van der Waals surface area contributed by atoms with E-state index >= 15 is 0 Å². The number of carbonyl (C=O) groups excluding carboxylic acids is 1. The summed E-state index contributed by atoms with van der Waals surface area (Å²) in [5.41, 5.74) is 2.23. The van der Waals surface area contributed by atoms with Crippen LogP contribution in [-0.2, 0) is 6.42 Å². The predicted octanol–water partition coefficient (Wildman–Crippen LogP) is 4.61. The van der Waals surface area contributed by atoms with Crippen molar-refractivity contribution in [3.63, 3.8) is 0 Å². The van der Waals surface area contributed by atoms with Crippen LogP contribution in [-0.4, -0.2) is 38.7 Å². The van der Waals surface area contributed by atoms with Crippen molar-refractivity contribution in [3.8, 4) is 17.2 Å². The first-order chi connectivity index (χ1) is 17.1. The summed E-state index contributed by atoms with van der Waals surface area (Å²) in [4.78, 5) is 29.0. The van der Waals surface area contributed by atoms with Gasteiger partial charge in [0.2, 0.25) is 11.5 Å². The van der Waals surface area contributed by atoms with Gasteiger partial charge in [-0.3, -0.25) is 9.59 Å². The van der Waals surface area contributed by atoms with E-state index in [-0.39, 0.29) is 17.1 Å². The molecule has 4 aromatic rings. The number of nitrogens with zero attached hydrogens (tertiary/aromatic N) is 1. The van der Waals surface area contributed by atoms with Gasteiger partial charge in [0.1, 0.15) is 5.58 Å². The van der Waals surface area contributed by atoms with Crippen molar-refractivity contribution in [2.75, 3.05) is 27.9 Å². The van der Waals surface area contributed by atoms with Crippen molar-refractivity contribution in [1.29, 1.82) is 0 Å². The molecule has 1 aliphatic heterocycles. The van der Waals surface area contributed by atoms with E-state index in [1.54, 1.807) is 41.3 Å². The number of para-hydroxylation sites is 1. The van der Waals surface area contributed by atoms with Crippen LogP contribution in [0.5, 0.6) is 17.2 Å². The van der Waals surface area contributed by atoms with Crippen molar-refractivity contribution in [3.05, 3.63) is 99.4 Å². The molecule has 1 aliphatic rings. The molecule has 3 aromatic carbocycles. The van der Waals surface area contributed by atoms with Gasteiger partial charge >= 0.3 is 0 Å². The molecule has 0 N–H and O–H groups in total. The first kappa shape index (κ1) is 22.5. The van der Waals surface area contributed by atoms with Gasteiger partial charge in [-0.15, -0.1) is 0 Å². The van der Waals surface area contributed by atoms with Gasteiger partial charge in [0.25, 0.3) is 5.91 Å². The molecule has 0 radical (unpaired) electrons. The second-order valence-electron chi connectivity index (χ2n) is 8.27. The fraction of sp³-hybridized carbons (Fsp3) is 0.214. The molecule has 0 aliphatic carbocycles. The lowest BCUT2D eigenvalue weighted by Gasteiger charge is -2.26. The van der Waals surface area contributed by atoms with Gasteiger partial charge in [-0.25, -0.2) is 0 Å². The molecule has 1 unspecified atom stereocenters. The van der Waals surface area contributed by atoms with Gasteiger partial charge in [-0.2, -0.15) is 0 Å². The van der Waals surface area contributed by atoms with Crippen LogP contribution in [0, 0.1) is 0 Å². The van der Waals surface area contributed by atoms with Crippen LogP contribution in [0.2, 0.25) is 0 Å². The van der Waals surface area contributed by atoms with Crippen LogP contribution in [0.25, 0.3) is 11.0 Å². The van der Waals surface area contributed by atoms with E-state index in [9.17, 15) is 9.59 Å². The Kier molecular flexibility index (Phi) is 5.91. The van der Waals surface area contributed by atoms with E-state index in [1.165, 1.54) is 21.3 Å². The summed E-state index contributed by atoms with van der Waals surface area (Å²) in [6.07, 6.45) is 0.620. The highest BCUT2D eigenvalue weighted by Crippen LogP contribution is 2.45. The summed E-state index contributed by atoms with van der Waals surface area (Å²) in [5.74, 6) is 1.06. The molecule has 0 saturated carbocycles. The van der Waals surface area contributed by atoms with E-state index in [0.717, 1.165) is 5.56 Å². The summed E-state index contributed by atoms with van der Waals surface area (Å²) < 4.78 is 22.6. The van der Waals surface area contributed by atoms with Crippen LogP contribution < -0.4 is 19.6 Å². The number of carbonyl (C=O) groups is 1. The van der Waals surface area contributed by atoms with Gasteiger partial charge in [-0.1, -0.05) is 42.5 Å². The van der Waals surface area contributed by atoms with Crippen LogP contribution in [0.15, 0.2) is 75.9 Å². The molecule has 7 nitrogen and oxygen atoms in total. The molecule has 1 amide bonds. The first-order valence-electron chi connectivity index (χ1n) is 11.3. The molecule has 178 valence electrons. The first-order valence-corrected chi connectivity index (χ1v) is 11.3. The molecule has 35 heavy (non-hydrogen) atoms. The molecule has 7 heteroatoms. The zero-order valence-corrected chi connectivity index (χ0v) is 19.7. The number of rotatable bonds is 7. The normalized spacial score (nSPS) is 14.8. The smallest absolute Gasteiger partial charge is 0.290 e. The summed E-state index contributed by atoms with van der Waals surface area (Å²) in [6.45, 7) is 0.393. The van der Waals surface area contributed by atoms with E-state index < -0.39 is 6.04 Å². The van der Waals surface area contributed by atoms with Crippen LogP contribution in [0.1, 0.15) is 33.3 Å². The Hall–Kier alpha value is -4.26. The lowest BCUT2D eigenvalue weighted by Crippen LogP contribution is -2.31. The minimum atomic E-state index is -0.671. The molecular formula is C28H25NO6. The second-order valence-corrected chi connectivity index (χ2v) is 8.27. The quantitative estimate of drug-likeness (QED) is 0.392. The highest BCUT2D eigenvalue weighted by molar-refractivity contribution is 5.99. The Balaban J connectivity index is 1.70. The van der Waals surface area contributed by atoms with E-state index in [0.29, 0.717) is 52.3 Å². The number of hydrogen-bond donors (Lipinski definition) is 0. The van der Waals surface area contributed by atoms with Crippen molar-refractivity contribution >= 4 is 16.9 Å². The summed E-state index contributed by atoms with van der Waals surface area (Å²) in [7, 11) is 4.59. The Morgan fingerprint density at radius 2 is 1.51 bits per heavy atom. The monoisotopic (exact) mass is 471 g/mol. The molecule has 0 spiro atoms. The van der Waals surface area contributed by atoms with Crippen LogP contribution in [0.3, 0.4) is 0 Å². The molecular weight excluding hydrogens is 446 g/mol. The van der Waals surface area contributed by atoms with Crippen molar-refractivity contribution in [2.24, 2.45) is 0 Å². The van der Waals surface area contributed by atoms with E-state index in [2.05, 4.69) is 0 Å². The SMILES string of the molecule is COc1cc(C2c3c(oc4ccccc4c3=O)C(=O)N2CCc2ccccc2)cc(OC)c1OC. The maximum Gasteiger partial charge on any atom is 0.290 e. The third kappa shape index (κ3) is 3.79. The number of hydrogen-bond acceptors (Lipinski definition) is 6. The lowest BCUT2D eigenvalue weighted by molar-refractivity contribution is 0.0729. The molecule has 1 atom stereocenters. The molecule has 0 bridgehead atoms. The van der Waals surface area contributed by atoms with Crippen LogP contribution in [0.4, 0.5) is 0 Å². The fourth-order valence-corrected chi connectivity index (χ4v) is 4.70. The van der Waals surface area contributed by atoms with Gasteiger partial charge in [0.05, 0.1) is 38.3 Å². The van der Waals surface area contributed by atoms with Crippen LogP contribution >= 0.6 is 0 Å². The minimum absolute atomic E-state index is 0.0699. The van der Waals surface area contributed by atoms with E-state index in [1.807, 2.05) is 30.3 Å². The standard InChI is InChI=1S/C28H25NO6/c1-32-21-15-18(16-22(33-2)26(21)34-3)24-23-25(30)19-11-7-8-12-20(19)35-27(23)28(31)29(24)14-13-17-9-5-4-6-10-17/h4-12,15-16,24H,13-14H2,1-3H3. The molecule has 0 fully saturated rings. The van der Waals surface area contributed by atoms with Gasteiger partial charge < -0.3 is 23.5 Å². The summed E-state index contributed by atoms with van der Waals surface area (Å²) in [5, 5.41) is 0.432. The molecule has 2 heterocycles. The third-order valence-electron chi connectivity index (χ3n) is 6.36. The minimum Gasteiger partial charge on any atom is -0.493 e. The highest BCUT2D eigenvalue weighted by Gasteiger charge is 2.43. The van der Waals surface area contributed by atoms with Crippen molar-refractivity contribution in [2.45, 2.75) is 12.5 Å². The predicted molar refractivity (Wildman–Crippen MR) is 132 cm³/mol. The van der Waals surface area contributed by atoms with Crippen molar-refractivity contribution in [1.82, 2.24) is 4.90 Å². The average molecular weight is 472 g/mol. The average Bonchev–Trinajstić information content (AvgIpc) is 3.18. The number of amides is 1. The highest BCUT2D eigenvalue weighted by atomic mass is 16.5. The van der Waals surface area contributed by atoms with Gasteiger partial charge in [0.15, 0.2) is 16.9 Å². The Bertz CT molecular complexity index is 1430. The van der Waals surface area contributed by atoms with E-state index in [4.69, 9.17) is 18.6 Å².